The molecule has 9 nitrogen and oxygen atoms in total. The largest absolute Gasteiger partial charge is 0.756 e. The van der Waals surface area contributed by atoms with E-state index in [4.69, 9.17) is 13.8 Å². The number of ether oxygens (including phenoxy) is 1. The van der Waals surface area contributed by atoms with E-state index >= 15 is 0 Å². The van der Waals surface area contributed by atoms with Crippen molar-refractivity contribution in [3.05, 3.63) is 109 Å². The van der Waals surface area contributed by atoms with Crippen LogP contribution in [0.25, 0.3) is 0 Å². The van der Waals surface area contributed by atoms with Crippen LogP contribution < -0.4 is 10.2 Å². The van der Waals surface area contributed by atoms with Gasteiger partial charge >= 0.3 is 5.97 Å². The second-order valence-electron chi connectivity index (χ2n) is 24.3. The Kier molecular flexibility index (Phi) is 60.2. The lowest BCUT2D eigenvalue weighted by molar-refractivity contribution is -0.870. The molecule has 1 N–H and O–H groups in total. The number of phosphoric ester groups is 1. The Bertz CT molecular complexity index is 1810. The molecule has 0 aliphatic carbocycles. The summed E-state index contributed by atoms with van der Waals surface area (Å²) in [5, 5.41) is 3.03. The fraction of sp³-hybridized carbons (Fsp3) is 0.730. The van der Waals surface area contributed by atoms with E-state index in [0.717, 1.165) is 116 Å². The van der Waals surface area contributed by atoms with E-state index in [1.807, 2.05) is 33.3 Å². The van der Waals surface area contributed by atoms with Gasteiger partial charge in [0.1, 0.15) is 19.3 Å². The van der Waals surface area contributed by atoms with Crippen LogP contribution >= 0.6 is 7.82 Å². The van der Waals surface area contributed by atoms with Crippen LogP contribution in [-0.4, -0.2) is 69.4 Å². The number of rotatable bonds is 62. The van der Waals surface area contributed by atoms with Gasteiger partial charge in [0.25, 0.3) is 7.82 Å². The lowest BCUT2D eigenvalue weighted by atomic mass is 10.0. The molecule has 0 aliphatic rings. The maximum Gasteiger partial charge on any atom is 0.306 e. The van der Waals surface area contributed by atoms with Gasteiger partial charge in [-0.25, -0.2) is 0 Å². The molecule has 0 spiro atoms. The molecule has 0 aliphatic heterocycles. The van der Waals surface area contributed by atoms with E-state index in [0.29, 0.717) is 17.4 Å². The number of carbonyl (C=O) groups excluding carboxylic acids is 2. The normalized spacial score (nSPS) is 14.2. The number of nitrogens with one attached hydrogen (secondary N) is 1. The number of quaternary nitrogens is 1. The Labute approximate surface area is 519 Å². The molecule has 1 amide bonds. The van der Waals surface area contributed by atoms with Gasteiger partial charge < -0.3 is 28.5 Å². The second kappa shape index (κ2) is 62.7. The summed E-state index contributed by atoms with van der Waals surface area (Å²) in [6, 6.07) is -0.907. The number of likely N-dealkylation sites (N-methyl/N-ethyl adjacent to an activating group) is 1. The van der Waals surface area contributed by atoms with Crippen molar-refractivity contribution >= 4 is 19.7 Å². The van der Waals surface area contributed by atoms with Crippen molar-refractivity contribution in [3.8, 4) is 0 Å². The zero-order valence-electron chi connectivity index (χ0n) is 55.3. The number of carbonyl (C=O) groups is 2. The standard InChI is InChI=1S/C74H131N2O7P/c1-7-10-13-16-19-22-25-28-30-32-34-36-37-38-39-41-43-45-47-49-52-55-58-61-64-67-74(78)83-72(65-62-59-56-53-50-27-24-21-18-15-12-9-3)71(70-82-84(79,80)81-69-68-76(4,5)6)75-73(77)66-63-60-57-54-51-48-46-44-42-40-35-33-31-29-26-23-20-17-14-11-8-2/h11,14,19-20,22-23,28-31,34-36,40,44,46,62,65,71-72H,7-10,12-13,15-18,21,24-27,32-33,37-39,41-43,45,47-61,63-64,66-70H2,1-6H3,(H-,75,77,79,80)/b14-11-,22-19-,23-20-,30-28-,31-29-,36-34-,40-35-,46-44-,65-62+. The van der Waals surface area contributed by atoms with Crippen LogP contribution in [0, 0.1) is 0 Å². The Morgan fingerprint density at radius 1 is 0.429 bits per heavy atom. The lowest BCUT2D eigenvalue weighted by Gasteiger charge is -2.30. The highest BCUT2D eigenvalue weighted by Crippen LogP contribution is 2.38. The topological polar surface area (TPSA) is 114 Å². The highest BCUT2D eigenvalue weighted by Gasteiger charge is 2.27. The van der Waals surface area contributed by atoms with Crippen molar-refractivity contribution < 1.29 is 37.3 Å². The SMILES string of the molecule is CC/C=C\C/C=C\C/C=C\C/C=C\C/C=C\CCCCCCCC(=O)NC(COP(=O)([O-])OCC[N+](C)(C)C)C(/C=C/CCCCCCCCCCCC)OC(=O)CCCCCCCCCCCCCC/C=C\C/C=C\C/C=C\CCCCC. The molecule has 0 rings (SSSR count). The molecule has 0 fully saturated rings. The Hall–Kier alpha value is -3.33. The van der Waals surface area contributed by atoms with Crippen LogP contribution in [0.3, 0.4) is 0 Å². The third-order valence-electron chi connectivity index (χ3n) is 14.9. The minimum absolute atomic E-state index is 0.0314. The zero-order chi connectivity index (χ0) is 61.4. The van der Waals surface area contributed by atoms with Crippen molar-refractivity contribution in [2.45, 2.75) is 309 Å². The van der Waals surface area contributed by atoms with Crippen LogP contribution in [0.5, 0.6) is 0 Å². The van der Waals surface area contributed by atoms with Gasteiger partial charge in [0.15, 0.2) is 0 Å². The quantitative estimate of drug-likeness (QED) is 0.0212. The maximum absolute atomic E-state index is 13.6. The van der Waals surface area contributed by atoms with Gasteiger partial charge in [-0.1, -0.05) is 278 Å². The summed E-state index contributed by atoms with van der Waals surface area (Å²) in [6.45, 7) is 6.70. The fourth-order valence-electron chi connectivity index (χ4n) is 9.62. The molecule has 0 heterocycles. The van der Waals surface area contributed by atoms with Gasteiger partial charge in [-0.3, -0.25) is 14.2 Å². The number of unbranched alkanes of at least 4 members (excludes halogenated alkanes) is 30. The van der Waals surface area contributed by atoms with Crippen LogP contribution in [0.1, 0.15) is 297 Å². The zero-order valence-corrected chi connectivity index (χ0v) is 56.2. The highest BCUT2D eigenvalue weighted by molar-refractivity contribution is 7.45. The number of allylic oxidation sites excluding steroid dienone is 17. The van der Waals surface area contributed by atoms with Gasteiger partial charge in [0, 0.05) is 12.8 Å². The molecule has 84 heavy (non-hydrogen) atoms. The van der Waals surface area contributed by atoms with Gasteiger partial charge in [-0.2, -0.15) is 0 Å². The number of amides is 1. The summed E-state index contributed by atoms with van der Waals surface area (Å²) in [4.78, 5) is 40.2. The maximum atomic E-state index is 13.6. The Morgan fingerprint density at radius 3 is 1.17 bits per heavy atom. The van der Waals surface area contributed by atoms with E-state index in [1.165, 1.54) is 141 Å². The van der Waals surface area contributed by atoms with Crippen molar-refractivity contribution in [2.75, 3.05) is 40.9 Å². The molecule has 0 radical (unpaired) electrons. The first-order valence-electron chi connectivity index (χ1n) is 34.7. The van der Waals surface area contributed by atoms with Gasteiger partial charge in [0.05, 0.1) is 33.8 Å². The van der Waals surface area contributed by atoms with Gasteiger partial charge in [-0.15, -0.1) is 0 Å². The molecule has 0 aromatic heterocycles. The van der Waals surface area contributed by atoms with E-state index < -0.39 is 26.6 Å². The van der Waals surface area contributed by atoms with Crippen molar-refractivity contribution in [1.29, 1.82) is 0 Å². The number of hydrogen-bond acceptors (Lipinski definition) is 7. The van der Waals surface area contributed by atoms with Crippen LogP contribution in [0.15, 0.2) is 109 Å². The van der Waals surface area contributed by atoms with E-state index in [-0.39, 0.29) is 31.3 Å². The first kappa shape index (κ1) is 80.7. The second-order valence-corrected chi connectivity index (χ2v) is 25.7. The third kappa shape index (κ3) is 63.2. The molecule has 0 saturated heterocycles. The molecule has 484 valence electrons. The molecular formula is C74H131N2O7P. The molecule has 0 bridgehead atoms. The summed E-state index contributed by atoms with van der Waals surface area (Å²) in [7, 11) is 1.16. The van der Waals surface area contributed by atoms with Crippen LogP contribution in [-0.2, 0) is 27.9 Å². The van der Waals surface area contributed by atoms with Crippen LogP contribution in [0.4, 0.5) is 0 Å². The predicted molar refractivity (Wildman–Crippen MR) is 362 cm³/mol. The predicted octanol–water partition coefficient (Wildman–Crippen LogP) is 21.4. The molecule has 10 heteroatoms. The molecule has 3 atom stereocenters. The minimum atomic E-state index is -4.72. The molecule has 0 aromatic rings. The highest BCUT2D eigenvalue weighted by atomic mass is 31.2. The average Bonchev–Trinajstić information content (AvgIpc) is 3.64. The summed E-state index contributed by atoms with van der Waals surface area (Å²) < 4.78 is 30.4. The molecular weight excluding hydrogens is 1060 g/mol. The van der Waals surface area contributed by atoms with Crippen molar-refractivity contribution in [3.63, 3.8) is 0 Å². The fourth-order valence-corrected chi connectivity index (χ4v) is 10.3. The minimum Gasteiger partial charge on any atom is -0.756 e. The Balaban J connectivity index is 5.14. The van der Waals surface area contributed by atoms with Gasteiger partial charge in [-0.05, 0) is 115 Å². The number of hydrogen-bond donors (Lipinski definition) is 1. The Morgan fingerprint density at radius 2 is 0.762 bits per heavy atom. The van der Waals surface area contributed by atoms with E-state index in [2.05, 4.69) is 123 Å². The number of phosphoric acid groups is 1. The number of esters is 1. The molecule has 3 unspecified atom stereocenters. The summed E-state index contributed by atoms with van der Waals surface area (Å²) in [6.07, 6.45) is 86.3. The molecule has 0 saturated carbocycles. The van der Waals surface area contributed by atoms with E-state index in [1.54, 1.807) is 0 Å². The van der Waals surface area contributed by atoms with Crippen molar-refractivity contribution in [2.24, 2.45) is 0 Å². The number of nitrogens with zero attached hydrogens (tertiary/aromatic N) is 1. The van der Waals surface area contributed by atoms with E-state index in [9.17, 15) is 19.0 Å². The van der Waals surface area contributed by atoms with Gasteiger partial charge in [0.2, 0.25) is 5.91 Å². The first-order chi connectivity index (χ1) is 40.9. The average molecular weight is 1190 g/mol. The molecule has 0 aromatic carbocycles. The smallest absolute Gasteiger partial charge is 0.306 e. The summed E-state index contributed by atoms with van der Waals surface area (Å²) in [5.74, 6) is -0.565. The van der Waals surface area contributed by atoms with Crippen molar-refractivity contribution in [1.82, 2.24) is 5.32 Å². The summed E-state index contributed by atoms with van der Waals surface area (Å²) in [5.41, 5.74) is 0. The lowest BCUT2D eigenvalue weighted by Crippen LogP contribution is -2.47. The monoisotopic (exact) mass is 1190 g/mol. The third-order valence-corrected chi connectivity index (χ3v) is 15.9. The summed E-state index contributed by atoms with van der Waals surface area (Å²) >= 11 is 0. The first-order valence-corrected chi connectivity index (χ1v) is 36.2. The van der Waals surface area contributed by atoms with Crippen LogP contribution in [0.2, 0.25) is 0 Å².